The number of aromatic hydroxyl groups is 2. The molecule has 1 heterocycles. The molecule has 1 aromatic heterocycles. The molecule has 0 amide bonds. The standard InChI is InChI=1S/C22H18N2O.C7H6O/c25-22-13-7-5-11-19(22)21-14-15-23-24(21)20-12-6-4-10-18(20)16-17-8-2-1-3-9-17;8-7-2-1-5-3-6(7)4-5/h1-15,25H,16H2;1-3,8H,4H2. The van der Waals surface area contributed by atoms with Crippen molar-refractivity contribution in [3.05, 3.63) is 132 Å². The van der Waals surface area contributed by atoms with Crippen LogP contribution in [0.5, 0.6) is 11.5 Å². The lowest BCUT2D eigenvalue weighted by atomic mass is 9.93. The van der Waals surface area contributed by atoms with E-state index in [-0.39, 0.29) is 5.75 Å². The fraction of sp³-hybridized carbons (Fsp3) is 0.0690. The molecule has 2 aliphatic carbocycles. The van der Waals surface area contributed by atoms with Gasteiger partial charge in [-0.25, -0.2) is 4.68 Å². The first-order chi connectivity index (χ1) is 16.2. The van der Waals surface area contributed by atoms with E-state index in [1.54, 1.807) is 18.3 Å². The van der Waals surface area contributed by atoms with Crippen LogP contribution in [0.2, 0.25) is 0 Å². The molecule has 162 valence electrons. The van der Waals surface area contributed by atoms with Gasteiger partial charge in [0.15, 0.2) is 0 Å². The van der Waals surface area contributed by atoms with Gasteiger partial charge in [0.2, 0.25) is 0 Å². The molecule has 0 aliphatic heterocycles. The number of hydrogen-bond acceptors (Lipinski definition) is 3. The van der Waals surface area contributed by atoms with Gasteiger partial charge in [-0.3, -0.25) is 0 Å². The number of rotatable bonds is 4. The number of nitrogens with zero attached hydrogens (tertiary/aromatic N) is 2. The average Bonchev–Trinajstić information content (AvgIpc) is 3.30. The third-order valence-electron chi connectivity index (χ3n) is 5.82. The van der Waals surface area contributed by atoms with Gasteiger partial charge >= 0.3 is 0 Å². The first-order valence-electron chi connectivity index (χ1n) is 10.9. The van der Waals surface area contributed by atoms with Gasteiger partial charge in [0.25, 0.3) is 0 Å². The molecule has 2 aliphatic rings. The zero-order chi connectivity index (χ0) is 22.6. The van der Waals surface area contributed by atoms with Crippen LogP contribution in [0.15, 0.2) is 109 Å². The molecule has 0 saturated carbocycles. The highest BCUT2D eigenvalue weighted by Crippen LogP contribution is 2.31. The molecule has 2 bridgehead atoms. The molecule has 4 nitrogen and oxygen atoms in total. The normalized spacial score (nSPS) is 11.3. The summed E-state index contributed by atoms with van der Waals surface area (Å²) in [6.07, 6.45) is 3.57. The molecule has 0 saturated heterocycles. The zero-order valence-electron chi connectivity index (χ0n) is 18.1. The third-order valence-corrected chi connectivity index (χ3v) is 5.82. The van der Waals surface area contributed by atoms with Crippen molar-refractivity contribution in [2.75, 3.05) is 0 Å². The lowest BCUT2D eigenvalue weighted by molar-refractivity contribution is 0.466. The van der Waals surface area contributed by atoms with Crippen LogP contribution in [0.1, 0.15) is 22.3 Å². The van der Waals surface area contributed by atoms with E-state index < -0.39 is 0 Å². The topological polar surface area (TPSA) is 58.3 Å². The van der Waals surface area contributed by atoms with E-state index in [1.165, 1.54) is 16.7 Å². The summed E-state index contributed by atoms with van der Waals surface area (Å²) in [4.78, 5) is 0. The summed E-state index contributed by atoms with van der Waals surface area (Å²) in [6, 6.07) is 33.6. The smallest absolute Gasteiger partial charge is 0.124 e. The fourth-order valence-electron chi connectivity index (χ4n) is 4.05. The molecule has 5 aromatic rings. The van der Waals surface area contributed by atoms with Gasteiger partial charge in [0, 0.05) is 12.0 Å². The van der Waals surface area contributed by atoms with Crippen molar-refractivity contribution >= 4 is 0 Å². The highest BCUT2D eigenvalue weighted by Gasteiger charge is 2.14. The Bertz CT molecular complexity index is 1380. The monoisotopic (exact) mass is 432 g/mol. The number of fused-ring (bicyclic) bond motifs is 2. The van der Waals surface area contributed by atoms with Gasteiger partial charge < -0.3 is 10.2 Å². The van der Waals surface area contributed by atoms with E-state index in [1.807, 2.05) is 59.3 Å². The molecule has 7 rings (SSSR count). The molecule has 33 heavy (non-hydrogen) atoms. The SMILES string of the molecule is Oc1ccc2cc1C2.Oc1ccccc1-c1ccnn1-c1ccccc1Cc1ccccc1. The van der Waals surface area contributed by atoms with Crippen LogP contribution in [0.4, 0.5) is 0 Å². The van der Waals surface area contributed by atoms with Crippen LogP contribution in [-0.2, 0) is 12.8 Å². The van der Waals surface area contributed by atoms with E-state index in [9.17, 15) is 5.11 Å². The van der Waals surface area contributed by atoms with Gasteiger partial charge in [-0.2, -0.15) is 5.10 Å². The van der Waals surface area contributed by atoms with Gasteiger partial charge in [0.1, 0.15) is 11.5 Å². The Kier molecular flexibility index (Phi) is 5.64. The lowest BCUT2D eigenvalue weighted by Crippen LogP contribution is -2.04. The lowest BCUT2D eigenvalue weighted by Gasteiger charge is -2.14. The zero-order valence-corrected chi connectivity index (χ0v) is 18.1. The maximum atomic E-state index is 10.2. The van der Waals surface area contributed by atoms with Crippen LogP contribution in [0, 0.1) is 0 Å². The summed E-state index contributed by atoms with van der Waals surface area (Å²) < 4.78 is 1.90. The molecule has 0 radical (unpaired) electrons. The molecule has 4 aromatic carbocycles. The molecular weight excluding hydrogens is 408 g/mol. The van der Waals surface area contributed by atoms with E-state index in [2.05, 4.69) is 41.5 Å². The summed E-state index contributed by atoms with van der Waals surface area (Å²) in [7, 11) is 0. The van der Waals surface area contributed by atoms with Crippen LogP contribution >= 0.6 is 0 Å². The van der Waals surface area contributed by atoms with Crippen molar-refractivity contribution in [2.24, 2.45) is 0 Å². The highest BCUT2D eigenvalue weighted by molar-refractivity contribution is 5.69. The summed E-state index contributed by atoms with van der Waals surface area (Å²) in [5.41, 5.74) is 7.53. The molecule has 0 spiro atoms. The number of aromatic nitrogens is 2. The van der Waals surface area contributed by atoms with Crippen molar-refractivity contribution in [3.8, 4) is 28.4 Å². The van der Waals surface area contributed by atoms with Crippen molar-refractivity contribution in [1.29, 1.82) is 0 Å². The van der Waals surface area contributed by atoms with E-state index in [0.29, 0.717) is 5.75 Å². The van der Waals surface area contributed by atoms with Crippen molar-refractivity contribution in [1.82, 2.24) is 9.78 Å². The van der Waals surface area contributed by atoms with Crippen LogP contribution in [-0.4, -0.2) is 20.0 Å². The Balaban J connectivity index is 0.000000238. The molecule has 2 N–H and O–H groups in total. The van der Waals surface area contributed by atoms with E-state index in [4.69, 9.17) is 5.11 Å². The minimum absolute atomic E-state index is 0.254. The average molecular weight is 433 g/mol. The second-order valence-corrected chi connectivity index (χ2v) is 8.08. The summed E-state index contributed by atoms with van der Waals surface area (Å²) in [5, 5.41) is 23.7. The predicted octanol–water partition coefficient (Wildman–Crippen LogP) is 6.13. The Morgan fingerprint density at radius 2 is 1.45 bits per heavy atom. The molecular formula is C29H24N2O2. The molecule has 4 heteroatoms. The van der Waals surface area contributed by atoms with Gasteiger partial charge in [-0.05, 0) is 59.0 Å². The number of benzene rings is 4. The van der Waals surface area contributed by atoms with Crippen molar-refractivity contribution in [3.63, 3.8) is 0 Å². The maximum Gasteiger partial charge on any atom is 0.124 e. The predicted molar refractivity (Wildman–Crippen MR) is 131 cm³/mol. The number of para-hydroxylation sites is 2. The minimum atomic E-state index is 0.254. The van der Waals surface area contributed by atoms with Crippen LogP contribution in [0.3, 0.4) is 0 Å². The Labute approximate surface area is 193 Å². The Morgan fingerprint density at radius 1 is 0.727 bits per heavy atom. The summed E-state index contributed by atoms with van der Waals surface area (Å²) in [5.74, 6) is 0.699. The first kappa shape index (κ1) is 20.6. The minimum Gasteiger partial charge on any atom is -0.508 e. The van der Waals surface area contributed by atoms with E-state index in [0.717, 1.165) is 35.3 Å². The second kappa shape index (κ2) is 9.05. The number of phenols is 2. The summed E-state index contributed by atoms with van der Waals surface area (Å²) in [6.45, 7) is 0. The Morgan fingerprint density at radius 3 is 2.15 bits per heavy atom. The van der Waals surface area contributed by atoms with Crippen molar-refractivity contribution in [2.45, 2.75) is 12.8 Å². The van der Waals surface area contributed by atoms with E-state index >= 15 is 0 Å². The first-order valence-corrected chi connectivity index (χ1v) is 10.9. The third kappa shape index (κ3) is 4.37. The molecule has 0 fully saturated rings. The molecule has 0 unspecified atom stereocenters. The largest absolute Gasteiger partial charge is 0.508 e. The quantitative estimate of drug-likeness (QED) is 0.352. The second-order valence-electron chi connectivity index (χ2n) is 8.08. The fourth-order valence-corrected chi connectivity index (χ4v) is 4.05. The maximum absolute atomic E-state index is 10.2. The van der Waals surface area contributed by atoms with Crippen LogP contribution in [0.25, 0.3) is 16.9 Å². The summed E-state index contributed by atoms with van der Waals surface area (Å²) >= 11 is 0. The van der Waals surface area contributed by atoms with Gasteiger partial charge in [0.05, 0.1) is 17.6 Å². The van der Waals surface area contributed by atoms with Gasteiger partial charge in [-0.1, -0.05) is 72.8 Å². The van der Waals surface area contributed by atoms with Gasteiger partial charge in [-0.15, -0.1) is 0 Å². The molecule has 0 atom stereocenters. The highest BCUT2D eigenvalue weighted by atomic mass is 16.3. The number of phenolic OH excluding ortho intramolecular Hbond substituents is 2. The van der Waals surface area contributed by atoms with Crippen molar-refractivity contribution < 1.29 is 10.2 Å². The van der Waals surface area contributed by atoms with Crippen LogP contribution < -0.4 is 0 Å². The number of hydrogen-bond donors (Lipinski definition) is 2. The Hall–Kier alpha value is -4.31.